The van der Waals surface area contributed by atoms with Gasteiger partial charge in [-0.3, -0.25) is 0 Å². The van der Waals surface area contributed by atoms with Crippen molar-refractivity contribution in [1.29, 1.82) is 5.26 Å². The monoisotopic (exact) mass is 352 g/mol. The lowest BCUT2D eigenvalue weighted by Gasteiger charge is -2.01. The topological polar surface area (TPSA) is 63.0 Å². The van der Waals surface area contributed by atoms with Gasteiger partial charge in [0.1, 0.15) is 12.7 Å². The van der Waals surface area contributed by atoms with Crippen LogP contribution in [0.4, 0.5) is 0 Å². The molecule has 1 heterocycles. The van der Waals surface area contributed by atoms with E-state index < -0.39 is 0 Å². The molecule has 0 atom stereocenters. The van der Waals surface area contributed by atoms with Crippen LogP contribution in [0.15, 0.2) is 64.9 Å². The fourth-order valence-corrected chi connectivity index (χ4v) is 3.52. The number of thioether (sulfide) groups is 1. The van der Waals surface area contributed by atoms with Crippen LogP contribution in [0.3, 0.4) is 0 Å². The van der Waals surface area contributed by atoms with Crippen LogP contribution < -0.4 is 0 Å². The lowest BCUT2D eigenvalue weighted by molar-refractivity contribution is -0.138. The zero-order valence-electron chi connectivity index (χ0n) is 12.5. The molecule has 24 heavy (non-hydrogen) atoms. The molecule has 0 radical (unpaired) electrons. The highest BCUT2D eigenvalue weighted by Gasteiger charge is 2.04. The average molecular weight is 352 g/mol. The van der Waals surface area contributed by atoms with Crippen LogP contribution in [-0.2, 0) is 16.1 Å². The highest BCUT2D eigenvalue weighted by Crippen LogP contribution is 2.28. The normalized spacial score (nSPS) is 10.8. The first kappa shape index (κ1) is 16.2. The third kappa shape index (κ3) is 4.22. The van der Waals surface area contributed by atoms with E-state index in [9.17, 15) is 4.79 Å². The van der Waals surface area contributed by atoms with Gasteiger partial charge in [-0.05, 0) is 29.2 Å². The summed E-state index contributed by atoms with van der Waals surface area (Å²) in [4.78, 5) is 16.9. The summed E-state index contributed by atoms with van der Waals surface area (Å²) in [5, 5.41) is 11.0. The molecule has 0 N–H and O–H groups in total. The molecule has 0 spiro atoms. The smallest absolute Gasteiger partial charge is 0.331 e. The maximum Gasteiger partial charge on any atom is 0.331 e. The fourth-order valence-electron chi connectivity index (χ4n) is 1.97. The largest absolute Gasteiger partial charge is 0.458 e. The van der Waals surface area contributed by atoms with Crippen LogP contribution in [0.2, 0.25) is 0 Å². The predicted molar refractivity (Wildman–Crippen MR) is 95.6 cm³/mol. The molecule has 0 aliphatic heterocycles. The second kappa shape index (κ2) is 7.77. The molecule has 2 aromatic carbocycles. The molecule has 118 valence electrons. The second-order valence-electron chi connectivity index (χ2n) is 4.77. The van der Waals surface area contributed by atoms with Crippen molar-refractivity contribution in [2.75, 3.05) is 0 Å². The molecule has 1 aromatic heterocycles. The number of fused-ring (bicyclic) bond motifs is 1. The molecule has 4 nitrogen and oxygen atoms in total. The summed E-state index contributed by atoms with van der Waals surface area (Å²) >= 11 is 2.77. The van der Waals surface area contributed by atoms with E-state index in [1.807, 2.05) is 54.6 Å². The molecule has 0 bridgehead atoms. The SMILES string of the molecule is N#Cc1nc2ccc(S/C=C/C(=O)OCc3ccccc3)cc2s1. The number of thiazole rings is 1. The van der Waals surface area contributed by atoms with E-state index in [1.165, 1.54) is 29.2 Å². The summed E-state index contributed by atoms with van der Waals surface area (Å²) < 4.78 is 6.13. The van der Waals surface area contributed by atoms with Crippen molar-refractivity contribution in [3.05, 3.63) is 70.6 Å². The number of hydrogen-bond donors (Lipinski definition) is 0. The Labute approximate surface area is 147 Å². The average Bonchev–Trinajstić information content (AvgIpc) is 3.03. The summed E-state index contributed by atoms with van der Waals surface area (Å²) in [7, 11) is 0. The minimum atomic E-state index is -0.378. The van der Waals surface area contributed by atoms with Crippen LogP contribution >= 0.6 is 23.1 Å². The maximum atomic E-state index is 11.7. The highest BCUT2D eigenvalue weighted by atomic mass is 32.2. The number of carbonyl (C=O) groups is 1. The quantitative estimate of drug-likeness (QED) is 0.384. The molecule has 6 heteroatoms. The van der Waals surface area contributed by atoms with Gasteiger partial charge in [-0.2, -0.15) is 5.26 Å². The fraction of sp³-hybridized carbons (Fsp3) is 0.0556. The Kier molecular flexibility index (Phi) is 5.26. The maximum absolute atomic E-state index is 11.7. The van der Waals surface area contributed by atoms with Crippen LogP contribution in [0.1, 0.15) is 10.6 Å². The van der Waals surface area contributed by atoms with Gasteiger partial charge in [0.15, 0.2) is 5.01 Å². The lowest BCUT2D eigenvalue weighted by atomic mass is 10.2. The molecular formula is C18H12N2O2S2. The Morgan fingerprint density at radius 3 is 2.92 bits per heavy atom. The number of esters is 1. The molecule has 0 saturated carbocycles. The van der Waals surface area contributed by atoms with Crippen LogP contribution in [0.5, 0.6) is 0 Å². The number of benzene rings is 2. The van der Waals surface area contributed by atoms with E-state index in [1.54, 1.807) is 5.41 Å². The van der Waals surface area contributed by atoms with Crippen LogP contribution in [-0.4, -0.2) is 11.0 Å². The summed E-state index contributed by atoms with van der Waals surface area (Å²) in [5.74, 6) is -0.378. The lowest BCUT2D eigenvalue weighted by Crippen LogP contribution is -2.00. The second-order valence-corrected chi connectivity index (χ2v) is 6.78. The van der Waals surface area contributed by atoms with E-state index in [0.29, 0.717) is 5.01 Å². The first-order valence-electron chi connectivity index (χ1n) is 7.09. The van der Waals surface area contributed by atoms with E-state index in [0.717, 1.165) is 20.7 Å². The molecule has 0 amide bonds. The van der Waals surface area contributed by atoms with Gasteiger partial charge in [-0.15, -0.1) is 11.3 Å². The summed E-state index contributed by atoms with van der Waals surface area (Å²) in [6.45, 7) is 0.262. The summed E-state index contributed by atoms with van der Waals surface area (Å²) in [5.41, 5.74) is 1.77. The molecule has 0 fully saturated rings. The van der Waals surface area contributed by atoms with Crippen molar-refractivity contribution >= 4 is 39.3 Å². The molecule has 0 unspecified atom stereocenters. The number of nitriles is 1. The summed E-state index contributed by atoms with van der Waals surface area (Å²) in [6, 6.07) is 17.3. The summed E-state index contributed by atoms with van der Waals surface area (Å²) in [6.07, 6.45) is 1.41. The van der Waals surface area contributed by atoms with Crippen LogP contribution in [0, 0.1) is 11.3 Å². The van der Waals surface area contributed by atoms with Gasteiger partial charge < -0.3 is 4.74 Å². The van der Waals surface area contributed by atoms with Crippen LogP contribution in [0.25, 0.3) is 10.2 Å². The van der Waals surface area contributed by atoms with Crippen molar-refractivity contribution < 1.29 is 9.53 Å². The number of ether oxygens (including phenoxy) is 1. The standard InChI is InChI=1S/C18H12N2O2S2/c19-11-17-20-15-7-6-14(10-16(15)24-17)23-9-8-18(21)22-12-13-4-2-1-3-5-13/h1-10H,12H2/b9-8+. The van der Waals surface area contributed by atoms with E-state index in [-0.39, 0.29) is 12.6 Å². The van der Waals surface area contributed by atoms with Gasteiger partial charge in [0.2, 0.25) is 0 Å². The number of rotatable bonds is 5. The molecule has 0 aliphatic carbocycles. The Bertz CT molecular complexity index is 927. The molecule has 0 aliphatic rings. The Morgan fingerprint density at radius 2 is 2.12 bits per heavy atom. The molecular weight excluding hydrogens is 340 g/mol. The van der Waals surface area contributed by atoms with Gasteiger partial charge in [-0.1, -0.05) is 42.1 Å². The van der Waals surface area contributed by atoms with E-state index in [4.69, 9.17) is 10.00 Å². The van der Waals surface area contributed by atoms with Gasteiger partial charge in [0.25, 0.3) is 0 Å². The van der Waals surface area contributed by atoms with Crippen molar-refractivity contribution in [2.24, 2.45) is 0 Å². The first-order valence-corrected chi connectivity index (χ1v) is 8.79. The minimum Gasteiger partial charge on any atom is -0.458 e. The van der Waals surface area contributed by atoms with Gasteiger partial charge in [-0.25, -0.2) is 9.78 Å². The predicted octanol–water partition coefficient (Wildman–Crippen LogP) is 4.52. The zero-order valence-corrected chi connectivity index (χ0v) is 14.1. The molecule has 3 aromatic rings. The Hall–Kier alpha value is -2.62. The number of carbonyl (C=O) groups excluding carboxylic acids is 1. The Balaban J connectivity index is 1.55. The van der Waals surface area contributed by atoms with Crippen molar-refractivity contribution in [1.82, 2.24) is 4.98 Å². The number of aromatic nitrogens is 1. The Morgan fingerprint density at radius 1 is 1.29 bits per heavy atom. The van der Waals surface area contributed by atoms with Gasteiger partial charge in [0.05, 0.1) is 10.2 Å². The number of nitrogens with zero attached hydrogens (tertiary/aromatic N) is 2. The van der Waals surface area contributed by atoms with E-state index >= 15 is 0 Å². The van der Waals surface area contributed by atoms with Gasteiger partial charge in [0, 0.05) is 11.0 Å². The van der Waals surface area contributed by atoms with Gasteiger partial charge >= 0.3 is 5.97 Å². The number of hydrogen-bond acceptors (Lipinski definition) is 6. The zero-order chi connectivity index (χ0) is 16.8. The third-order valence-electron chi connectivity index (χ3n) is 3.09. The van der Waals surface area contributed by atoms with Crippen molar-refractivity contribution in [3.63, 3.8) is 0 Å². The van der Waals surface area contributed by atoms with Crippen molar-refractivity contribution in [3.8, 4) is 6.07 Å². The third-order valence-corrected chi connectivity index (χ3v) is 4.81. The minimum absolute atomic E-state index is 0.262. The molecule has 0 saturated heterocycles. The first-order chi connectivity index (χ1) is 11.7. The van der Waals surface area contributed by atoms with E-state index in [2.05, 4.69) is 4.98 Å². The van der Waals surface area contributed by atoms with Crippen molar-refractivity contribution in [2.45, 2.75) is 11.5 Å². The highest BCUT2D eigenvalue weighted by molar-refractivity contribution is 8.02. The molecule has 3 rings (SSSR count).